The van der Waals surface area contributed by atoms with Gasteiger partial charge in [0, 0.05) is 35.8 Å². The molecule has 1 fully saturated rings. The van der Waals surface area contributed by atoms with Crippen LogP contribution in [0.4, 0.5) is 0 Å². The number of hydrogen-bond donors (Lipinski definition) is 1. The number of aromatic nitrogens is 1. The smallest absolute Gasteiger partial charge is 0.276 e. The topological polar surface area (TPSA) is 72.4 Å². The van der Waals surface area contributed by atoms with Crippen molar-refractivity contribution in [2.24, 2.45) is 5.73 Å². The summed E-state index contributed by atoms with van der Waals surface area (Å²) in [4.78, 5) is 13.9. The summed E-state index contributed by atoms with van der Waals surface area (Å²) in [5.74, 6) is 0.384. The van der Waals surface area contributed by atoms with Crippen molar-refractivity contribution in [1.29, 1.82) is 0 Å². The Kier molecular flexibility index (Phi) is 4.88. The van der Waals surface area contributed by atoms with Crippen LogP contribution in [0.15, 0.2) is 34.9 Å². The Labute approximate surface area is 133 Å². The van der Waals surface area contributed by atoms with Crippen molar-refractivity contribution in [3.63, 3.8) is 0 Å². The molecule has 5 nitrogen and oxygen atoms in total. The first-order chi connectivity index (χ1) is 9.63. The molecular formula is C14H15Cl2N3O2. The minimum atomic E-state index is -0.144. The molecule has 1 aliphatic heterocycles. The first-order valence-electron chi connectivity index (χ1n) is 6.41. The van der Waals surface area contributed by atoms with Crippen LogP contribution in [-0.2, 0) is 0 Å². The Balaban J connectivity index is 0.00000161. The van der Waals surface area contributed by atoms with E-state index in [4.69, 9.17) is 21.9 Å². The number of carbonyl (C=O) groups excluding carboxylic acids is 1. The molecule has 112 valence electrons. The number of halogens is 2. The molecule has 3 rings (SSSR count). The Morgan fingerprint density at radius 2 is 2.24 bits per heavy atom. The van der Waals surface area contributed by atoms with Crippen LogP contribution in [0.25, 0.3) is 11.3 Å². The molecule has 1 amide bonds. The zero-order chi connectivity index (χ0) is 14.1. The fourth-order valence-corrected chi connectivity index (χ4v) is 2.48. The van der Waals surface area contributed by atoms with Crippen LogP contribution < -0.4 is 5.73 Å². The summed E-state index contributed by atoms with van der Waals surface area (Å²) in [7, 11) is 0. The van der Waals surface area contributed by atoms with Gasteiger partial charge in [-0.25, -0.2) is 0 Å². The Bertz CT molecular complexity index is 645. The van der Waals surface area contributed by atoms with E-state index in [-0.39, 0.29) is 24.4 Å². The van der Waals surface area contributed by atoms with Gasteiger partial charge in [0.05, 0.1) is 0 Å². The highest BCUT2D eigenvalue weighted by Crippen LogP contribution is 2.24. The van der Waals surface area contributed by atoms with Gasteiger partial charge in [-0.15, -0.1) is 12.4 Å². The summed E-state index contributed by atoms with van der Waals surface area (Å²) in [6.07, 6.45) is 0.824. The molecule has 0 aliphatic carbocycles. The van der Waals surface area contributed by atoms with Gasteiger partial charge in [0.2, 0.25) is 0 Å². The van der Waals surface area contributed by atoms with Crippen LogP contribution in [0.3, 0.4) is 0 Å². The van der Waals surface area contributed by atoms with E-state index in [1.807, 2.05) is 12.1 Å². The number of nitrogens with two attached hydrogens (primary N) is 1. The van der Waals surface area contributed by atoms with Gasteiger partial charge in [-0.1, -0.05) is 28.9 Å². The third kappa shape index (κ3) is 3.37. The normalized spacial score (nSPS) is 17.6. The van der Waals surface area contributed by atoms with Gasteiger partial charge >= 0.3 is 0 Å². The van der Waals surface area contributed by atoms with Gasteiger partial charge in [0.1, 0.15) is 0 Å². The van der Waals surface area contributed by atoms with E-state index >= 15 is 0 Å². The third-order valence-corrected chi connectivity index (χ3v) is 3.59. The van der Waals surface area contributed by atoms with Gasteiger partial charge in [-0.3, -0.25) is 4.79 Å². The quantitative estimate of drug-likeness (QED) is 0.920. The predicted octanol–water partition coefficient (Wildman–Crippen LogP) is 2.59. The maximum Gasteiger partial charge on any atom is 0.276 e. The summed E-state index contributed by atoms with van der Waals surface area (Å²) in [6, 6.07) is 8.91. The molecule has 0 spiro atoms. The highest BCUT2D eigenvalue weighted by molar-refractivity contribution is 6.30. The minimum Gasteiger partial charge on any atom is -0.355 e. The van der Waals surface area contributed by atoms with Crippen molar-refractivity contribution in [3.05, 3.63) is 41.0 Å². The van der Waals surface area contributed by atoms with Gasteiger partial charge < -0.3 is 15.2 Å². The number of benzene rings is 1. The lowest BCUT2D eigenvalue weighted by atomic mass is 10.1. The summed E-state index contributed by atoms with van der Waals surface area (Å²) in [6.45, 7) is 1.23. The van der Waals surface area contributed by atoms with Crippen molar-refractivity contribution in [2.45, 2.75) is 12.5 Å². The van der Waals surface area contributed by atoms with Gasteiger partial charge in [-0.2, -0.15) is 0 Å². The molecule has 0 bridgehead atoms. The second-order valence-electron chi connectivity index (χ2n) is 4.89. The number of likely N-dealkylation sites (tertiary alicyclic amines) is 1. The predicted molar refractivity (Wildman–Crippen MR) is 82.7 cm³/mol. The fourth-order valence-electron chi connectivity index (χ4n) is 2.29. The maximum atomic E-state index is 12.2. The molecular weight excluding hydrogens is 313 g/mol. The van der Waals surface area contributed by atoms with Crippen LogP contribution >= 0.6 is 24.0 Å². The molecule has 1 aromatic heterocycles. The third-order valence-electron chi connectivity index (χ3n) is 3.35. The Hall–Kier alpha value is -1.56. The number of nitrogens with zero attached hydrogens (tertiary/aromatic N) is 2. The molecule has 2 heterocycles. The SMILES string of the molecule is Cl.N[C@@H]1CCN(C(=O)c2cc(-c3cccc(Cl)c3)on2)C1. The molecule has 21 heavy (non-hydrogen) atoms. The summed E-state index contributed by atoms with van der Waals surface area (Å²) in [5.41, 5.74) is 6.90. The summed E-state index contributed by atoms with van der Waals surface area (Å²) in [5, 5.41) is 4.45. The number of hydrogen-bond acceptors (Lipinski definition) is 4. The molecule has 2 aromatic rings. The average Bonchev–Trinajstić information content (AvgIpc) is 3.07. The number of rotatable bonds is 2. The zero-order valence-corrected chi connectivity index (χ0v) is 12.7. The van der Waals surface area contributed by atoms with Crippen LogP contribution in [-0.4, -0.2) is 35.1 Å². The molecule has 1 atom stereocenters. The van der Waals surface area contributed by atoms with E-state index in [1.165, 1.54) is 0 Å². The van der Waals surface area contributed by atoms with Gasteiger partial charge in [0.25, 0.3) is 5.91 Å². The largest absolute Gasteiger partial charge is 0.355 e. The average molecular weight is 328 g/mol. The van der Waals surface area contributed by atoms with Crippen molar-refractivity contribution in [3.8, 4) is 11.3 Å². The Morgan fingerprint density at radius 1 is 1.43 bits per heavy atom. The van der Waals surface area contributed by atoms with Crippen LogP contribution in [0.1, 0.15) is 16.9 Å². The van der Waals surface area contributed by atoms with E-state index in [2.05, 4.69) is 5.16 Å². The molecule has 0 unspecified atom stereocenters. The van der Waals surface area contributed by atoms with E-state index in [0.29, 0.717) is 29.6 Å². The highest BCUT2D eigenvalue weighted by Gasteiger charge is 2.26. The first kappa shape index (κ1) is 15.8. The van der Waals surface area contributed by atoms with Crippen LogP contribution in [0.5, 0.6) is 0 Å². The summed E-state index contributed by atoms with van der Waals surface area (Å²) < 4.78 is 5.23. The van der Waals surface area contributed by atoms with E-state index in [0.717, 1.165) is 12.0 Å². The molecule has 7 heteroatoms. The molecule has 1 aliphatic rings. The highest BCUT2D eigenvalue weighted by atomic mass is 35.5. The van der Waals surface area contributed by atoms with Crippen LogP contribution in [0, 0.1) is 0 Å². The fraction of sp³-hybridized carbons (Fsp3) is 0.286. The zero-order valence-electron chi connectivity index (χ0n) is 11.2. The lowest BCUT2D eigenvalue weighted by Gasteiger charge is -2.12. The summed E-state index contributed by atoms with van der Waals surface area (Å²) >= 11 is 5.93. The lowest BCUT2D eigenvalue weighted by molar-refractivity contribution is 0.0780. The Morgan fingerprint density at radius 3 is 2.90 bits per heavy atom. The van der Waals surface area contributed by atoms with E-state index < -0.39 is 0 Å². The van der Waals surface area contributed by atoms with E-state index in [9.17, 15) is 4.79 Å². The van der Waals surface area contributed by atoms with Crippen molar-refractivity contribution < 1.29 is 9.32 Å². The molecule has 1 saturated heterocycles. The van der Waals surface area contributed by atoms with E-state index in [1.54, 1.807) is 23.1 Å². The van der Waals surface area contributed by atoms with Crippen molar-refractivity contribution in [2.75, 3.05) is 13.1 Å². The maximum absolute atomic E-state index is 12.2. The standard InChI is InChI=1S/C14H14ClN3O2.ClH/c15-10-3-1-2-9(6-10)13-7-12(17-20-13)14(19)18-5-4-11(16)8-18;/h1-3,6-7,11H,4-5,8,16H2;1H/t11-;/m1./s1. The second kappa shape index (κ2) is 6.47. The van der Waals surface area contributed by atoms with Gasteiger partial charge in [-0.05, 0) is 18.6 Å². The molecule has 0 saturated carbocycles. The molecule has 0 radical (unpaired) electrons. The number of carbonyl (C=O) groups is 1. The van der Waals surface area contributed by atoms with Crippen LogP contribution in [0.2, 0.25) is 5.02 Å². The monoisotopic (exact) mass is 327 g/mol. The number of amides is 1. The van der Waals surface area contributed by atoms with Crippen molar-refractivity contribution in [1.82, 2.24) is 10.1 Å². The molecule has 1 aromatic carbocycles. The van der Waals surface area contributed by atoms with Crippen molar-refractivity contribution >= 4 is 29.9 Å². The lowest BCUT2D eigenvalue weighted by Crippen LogP contribution is -2.32. The van der Waals surface area contributed by atoms with Gasteiger partial charge in [0.15, 0.2) is 11.5 Å². The first-order valence-corrected chi connectivity index (χ1v) is 6.79. The minimum absolute atomic E-state index is 0. The molecule has 2 N–H and O–H groups in total. The second-order valence-corrected chi connectivity index (χ2v) is 5.32.